The van der Waals surface area contributed by atoms with Crippen molar-refractivity contribution in [2.75, 3.05) is 11.9 Å². The Labute approximate surface area is 175 Å². The van der Waals surface area contributed by atoms with Crippen LogP contribution in [0.3, 0.4) is 0 Å². The zero-order valence-electron chi connectivity index (χ0n) is 16.7. The zero-order chi connectivity index (χ0) is 21.0. The van der Waals surface area contributed by atoms with Crippen LogP contribution < -0.4 is 15.5 Å². The molecule has 30 heavy (non-hydrogen) atoms. The Balaban J connectivity index is 1.45. The summed E-state index contributed by atoms with van der Waals surface area (Å²) in [7, 11) is 0. The van der Waals surface area contributed by atoms with Crippen LogP contribution in [-0.2, 0) is 11.3 Å². The Morgan fingerprint density at radius 2 is 1.80 bits per heavy atom. The molecule has 2 N–H and O–H groups in total. The van der Waals surface area contributed by atoms with E-state index in [2.05, 4.69) is 25.8 Å². The van der Waals surface area contributed by atoms with Crippen molar-refractivity contribution in [2.45, 2.75) is 13.5 Å². The van der Waals surface area contributed by atoms with E-state index in [0.29, 0.717) is 18.4 Å². The topological polar surface area (TPSA) is 88.5 Å². The molecule has 1 amide bonds. The van der Waals surface area contributed by atoms with Crippen LogP contribution in [0.4, 0.5) is 5.95 Å². The quantitative estimate of drug-likeness (QED) is 0.423. The molecule has 0 saturated heterocycles. The van der Waals surface area contributed by atoms with Crippen molar-refractivity contribution in [3.05, 3.63) is 89.6 Å². The predicted octanol–water partition coefficient (Wildman–Crippen LogP) is 3.59. The summed E-state index contributed by atoms with van der Waals surface area (Å²) in [6, 6.07) is 21.4. The second kappa shape index (κ2) is 11.1. The van der Waals surface area contributed by atoms with E-state index >= 15 is 0 Å². The van der Waals surface area contributed by atoms with Gasteiger partial charge < -0.3 is 10.1 Å². The first kappa shape index (κ1) is 20.7. The molecule has 152 valence electrons. The van der Waals surface area contributed by atoms with E-state index in [-0.39, 0.29) is 12.5 Å². The molecule has 0 aliphatic rings. The van der Waals surface area contributed by atoms with Gasteiger partial charge in [-0.1, -0.05) is 66.7 Å². The van der Waals surface area contributed by atoms with Crippen molar-refractivity contribution < 1.29 is 9.53 Å². The van der Waals surface area contributed by atoms with Crippen LogP contribution >= 0.6 is 0 Å². The second-order valence-electron chi connectivity index (χ2n) is 6.38. The van der Waals surface area contributed by atoms with Gasteiger partial charge in [-0.15, -0.1) is 0 Å². The number of amides is 1. The fraction of sp³-hybridized carbons (Fsp3) is 0.130. The van der Waals surface area contributed by atoms with E-state index in [0.717, 1.165) is 16.8 Å². The maximum absolute atomic E-state index is 11.9. The van der Waals surface area contributed by atoms with Crippen LogP contribution in [0.15, 0.2) is 77.9 Å². The normalized spacial score (nSPS) is 11.0. The number of aromatic nitrogens is 2. The number of carbonyl (C=O) groups excluding carboxylic acids is 1. The minimum absolute atomic E-state index is 0.200. The third-order valence-corrected chi connectivity index (χ3v) is 3.91. The monoisotopic (exact) mass is 401 g/mol. The van der Waals surface area contributed by atoms with Gasteiger partial charge in [0.15, 0.2) is 6.61 Å². The van der Waals surface area contributed by atoms with Crippen molar-refractivity contribution in [3.63, 3.8) is 0 Å². The summed E-state index contributed by atoms with van der Waals surface area (Å²) in [5.41, 5.74) is 5.31. The van der Waals surface area contributed by atoms with Crippen LogP contribution in [-0.4, -0.2) is 28.7 Å². The molecule has 0 atom stereocenters. The predicted molar refractivity (Wildman–Crippen MR) is 118 cm³/mol. The number of rotatable bonds is 9. The number of hydrazone groups is 1. The van der Waals surface area contributed by atoms with Gasteiger partial charge in [0.2, 0.25) is 11.8 Å². The molecular formula is C23H23N5O2. The molecule has 3 aromatic rings. The highest BCUT2D eigenvalue weighted by Crippen LogP contribution is 2.13. The van der Waals surface area contributed by atoms with Crippen LogP contribution in [0.5, 0.6) is 5.88 Å². The third kappa shape index (κ3) is 7.20. The Morgan fingerprint density at radius 1 is 1.07 bits per heavy atom. The highest BCUT2D eigenvalue weighted by Gasteiger charge is 2.06. The first-order valence-electron chi connectivity index (χ1n) is 9.49. The summed E-state index contributed by atoms with van der Waals surface area (Å²) in [5, 5.41) is 7.02. The van der Waals surface area contributed by atoms with Gasteiger partial charge in [-0.25, -0.2) is 10.4 Å². The fourth-order valence-corrected chi connectivity index (χ4v) is 2.51. The minimum Gasteiger partial charge on any atom is -0.467 e. The summed E-state index contributed by atoms with van der Waals surface area (Å²) < 4.78 is 5.47. The number of nitrogens with one attached hydrogen (secondary N) is 2. The molecule has 1 aromatic heterocycles. The van der Waals surface area contributed by atoms with Crippen molar-refractivity contribution in [1.29, 1.82) is 0 Å². The van der Waals surface area contributed by atoms with Gasteiger partial charge in [-0.2, -0.15) is 10.1 Å². The number of ether oxygens (including phenoxy) is 1. The first-order chi connectivity index (χ1) is 14.7. The van der Waals surface area contributed by atoms with E-state index in [4.69, 9.17) is 4.74 Å². The standard InChI is InChI=1S/C23H23N5O2/c1-18-15-22(27-23(26-18)24-16-20-11-6-3-7-12-20)30-17-21(29)28-25-14-8-13-19-9-4-2-5-10-19/h2-15H,16-17H2,1H3,(H,28,29)(H,24,26,27). The highest BCUT2D eigenvalue weighted by atomic mass is 16.5. The van der Waals surface area contributed by atoms with Crippen molar-refractivity contribution in [2.24, 2.45) is 5.10 Å². The van der Waals surface area contributed by atoms with Crippen LogP contribution in [0.25, 0.3) is 6.08 Å². The lowest BCUT2D eigenvalue weighted by Crippen LogP contribution is -2.24. The number of allylic oxidation sites excluding steroid dienone is 1. The molecule has 7 heteroatoms. The Bertz CT molecular complexity index is 1000. The molecule has 7 nitrogen and oxygen atoms in total. The molecule has 0 radical (unpaired) electrons. The summed E-state index contributed by atoms with van der Waals surface area (Å²) in [6.07, 6.45) is 5.14. The van der Waals surface area contributed by atoms with Gasteiger partial charge in [-0.05, 0) is 24.1 Å². The average molecular weight is 401 g/mol. The Morgan fingerprint density at radius 3 is 2.57 bits per heavy atom. The lowest BCUT2D eigenvalue weighted by Gasteiger charge is -2.09. The number of hydrogen-bond donors (Lipinski definition) is 2. The second-order valence-corrected chi connectivity index (χ2v) is 6.38. The lowest BCUT2D eigenvalue weighted by atomic mass is 10.2. The Hall–Kier alpha value is -4.00. The van der Waals surface area contributed by atoms with Gasteiger partial charge in [0, 0.05) is 24.5 Å². The number of carbonyl (C=O) groups is 1. The first-order valence-corrected chi connectivity index (χ1v) is 9.49. The average Bonchev–Trinajstić information content (AvgIpc) is 2.77. The zero-order valence-corrected chi connectivity index (χ0v) is 16.7. The highest BCUT2D eigenvalue weighted by molar-refractivity contribution is 5.81. The maximum atomic E-state index is 11.9. The molecular weight excluding hydrogens is 378 g/mol. The van der Waals surface area contributed by atoms with Crippen LogP contribution in [0, 0.1) is 6.92 Å². The van der Waals surface area contributed by atoms with Crippen LogP contribution in [0.2, 0.25) is 0 Å². The van der Waals surface area contributed by atoms with Crippen molar-refractivity contribution >= 4 is 24.1 Å². The molecule has 0 aliphatic heterocycles. The molecule has 0 unspecified atom stereocenters. The Kier molecular flexibility index (Phi) is 7.68. The molecule has 0 bridgehead atoms. The van der Waals surface area contributed by atoms with E-state index in [1.807, 2.05) is 73.7 Å². The molecule has 0 fully saturated rings. The summed E-state index contributed by atoms with van der Waals surface area (Å²) in [6.45, 7) is 2.23. The van der Waals surface area contributed by atoms with Gasteiger partial charge in [0.1, 0.15) is 0 Å². The van der Waals surface area contributed by atoms with E-state index in [9.17, 15) is 4.79 Å². The number of benzene rings is 2. The number of nitrogens with zero attached hydrogens (tertiary/aromatic N) is 3. The molecule has 3 rings (SSSR count). The van der Waals surface area contributed by atoms with Gasteiger partial charge >= 0.3 is 0 Å². The summed E-state index contributed by atoms with van der Waals surface area (Å²) in [5.74, 6) is 0.383. The van der Waals surface area contributed by atoms with E-state index in [1.165, 1.54) is 6.21 Å². The lowest BCUT2D eigenvalue weighted by molar-refractivity contribution is -0.123. The van der Waals surface area contributed by atoms with Crippen molar-refractivity contribution in [1.82, 2.24) is 15.4 Å². The number of anilines is 1. The van der Waals surface area contributed by atoms with Crippen molar-refractivity contribution in [3.8, 4) is 5.88 Å². The molecule has 1 heterocycles. The smallest absolute Gasteiger partial charge is 0.278 e. The maximum Gasteiger partial charge on any atom is 0.278 e. The summed E-state index contributed by atoms with van der Waals surface area (Å²) >= 11 is 0. The van der Waals surface area contributed by atoms with Crippen LogP contribution in [0.1, 0.15) is 16.8 Å². The van der Waals surface area contributed by atoms with Gasteiger partial charge in [0.25, 0.3) is 5.91 Å². The molecule has 0 aliphatic carbocycles. The SMILES string of the molecule is Cc1cc(OCC(=O)NN=CC=Cc2ccccc2)nc(NCc2ccccc2)n1. The van der Waals surface area contributed by atoms with Gasteiger partial charge in [0.05, 0.1) is 0 Å². The molecule has 0 spiro atoms. The number of hydrogen-bond acceptors (Lipinski definition) is 6. The third-order valence-electron chi connectivity index (χ3n) is 3.91. The number of aryl methyl sites for hydroxylation is 1. The molecule has 0 saturated carbocycles. The van der Waals surface area contributed by atoms with E-state index < -0.39 is 0 Å². The largest absolute Gasteiger partial charge is 0.467 e. The molecule has 2 aromatic carbocycles. The summed E-state index contributed by atoms with van der Waals surface area (Å²) in [4.78, 5) is 20.5. The van der Waals surface area contributed by atoms with E-state index in [1.54, 1.807) is 12.1 Å². The fourth-order valence-electron chi connectivity index (χ4n) is 2.51. The minimum atomic E-state index is -0.380. The van der Waals surface area contributed by atoms with Gasteiger partial charge in [-0.3, -0.25) is 4.79 Å².